The normalized spacial score (nSPS) is 16.1. The smallest absolute Gasteiger partial charge is 0.303 e. The van der Waals surface area contributed by atoms with Gasteiger partial charge in [0.05, 0.1) is 18.6 Å². The summed E-state index contributed by atoms with van der Waals surface area (Å²) in [4.78, 5) is 45.8. The highest BCUT2D eigenvalue weighted by molar-refractivity contribution is 6.01. The number of phenolic OH excluding ortho intramolecular Hbond substituents is 1. The Morgan fingerprint density at radius 3 is 2.37 bits per heavy atom. The van der Waals surface area contributed by atoms with Crippen molar-refractivity contribution in [2.24, 2.45) is 17.8 Å². The topological polar surface area (TPSA) is 181 Å². The molecule has 0 saturated heterocycles. The molecule has 35 heavy (non-hydrogen) atoms. The first-order valence-electron chi connectivity index (χ1n) is 11.9. The Hall–Kier alpha value is -2.62. The molecule has 0 fully saturated rings. The number of carbonyl (C=O) groups excluding carboxylic acids is 3. The Morgan fingerprint density at radius 2 is 1.83 bits per heavy atom. The van der Waals surface area contributed by atoms with Gasteiger partial charge in [0.2, 0.25) is 0 Å². The zero-order valence-corrected chi connectivity index (χ0v) is 20.7. The van der Waals surface area contributed by atoms with E-state index in [1.165, 1.54) is 13.0 Å². The molecule has 1 aliphatic rings. The fraction of sp³-hybridized carbons (Fsp3) is 0.615. The van der Waals surface area contributed by atoms with Gasteiger partial charge in [0.1, 0.15) is 17.3 Å². The van der Waals surface area contributed by atoms with E-state index in [-0.39, 0.29) is 69.3 Å². The molecular formula is C26H44O9. The molecule has 0 saturated carbocycles. The van der Waals surface area contributed by atoms with Gasteiger partial charge in [0, 0.05) is 28.2 Å². The summed E-state index contributed by atoms with van der Waals surface area (Å²) < 4.78 is 0. The summed E-state index contributed by atoms with van der Waals surface area (Å²) in [7, 11) is 0. The van der Waals surface area contributed by atoms with Gasteiger partial charge >= 0.3 is 5.97 Å². The third-order valence-corrected chi connectivity index (χ3v) is 6.12. The zero-order valence-electron chi connectivity index (χ0n) is 20.7. The molecule has 0 heterocycles. The molecule has 3 atom stereocenters. The minimum Gasteiger partial charge on any atom is -0.507 e. The van der Waals surface area contributed by atoms with Crippen molar-refractivity contribution in [3.8, 4) is 5.75 Å². The average molecular weight is 501 g/mol. The van der Waals surface area contributed by atoms with Gasteiger partial charge in [-0.05, 0) is 56.1 Å². The minimum atomic E-state index is -0.716. The summed E-state index contributed by atoms with van der Waals surface area (Å²) in [5.74, 6) is -2.45. The molecule has 0 radical (unpaired) electrons. The van der Waals surface area contributed by atoms with Crippen LogP contribution in [-0.2, 0) is 20.8 Å². The van der Waals surface area contributed by atoms with E-state index in [9.17, 15) is 34.5 Å². The molecule has 1 aromatic rings. The van der Waals surface area contributed by atoms with Crippen LogP contribution in [0.4, 0.5) is 0 Å². The first kappa shape index (κ1) is 32.4. The highest BCUT2D eigenvalue weighted by Crippen LogP contribution is 2.36. The molecule has 1 aliphatic carbocycles. The Balaban J connectivity index is -0.000000917. The maximum absolute atomic E-state index is 12.4. The van der Waals surface area contributed by atoms with Crippen LogP contribution in [0, 0.1) is 17.8 Å². The number of aromatic hydroxyl groups is 1. The summed E-state index contributed by atoms with van der Waals surface area (Å²) in [6.07, 6.45) is 4.72. The number of fused-ring (bicyclic) bond motifs is 1. The van der Waals surface area contributed by atoms with Gasteiger partial charge in [-0.2, -0.15) is 0 Å². The van der Waals surface area contributed by atoms with E-state index in [0.29, 0.717) is 31.2 Å². The first-order valence-corrected chi connectivity index (χ1v) is 11.9. The summed E-state index contributed by atoms with van der Waals surface area (Å²) in [5, 5.41) is 37.1. The van der Waals surface area contributed by atoms with Crippen molar-refractivity contribution in [3.05, 3.63) is 29.3 Å². The van der Waals surface area contributed by atoms with E-state index in [1.54, 1.807) is 6.07 Å². The van der Waals surface area contributed by atoms with Crippen LogP contribution in [0.3, 0.4) is 0 Å². The van der Waals surface area contributed by atoms with E-state index in [4.69, 9.17) is 5.11 Å². The van der Waals surface area contributed by atoms with Crippen LogP contribution in [0.25, 0.3) is 0 Å². The number of benzene rings is 1. The van der Waals surface area contributed by atoms with Crippen LogP contribution >= 0.6 is 0 Å². The lowest BCUT2D eigenvalue weighted by atomic mass is 9.73. The summed E-state index contributed by atoms with van der Waals surface area (Å²) in [6, 6.07) is 5.00. The molecule has 3 unspecified atom stereocenters. The molecule has 9 nitrogen and oxygen atoms in total. The largest absolute Gasteiger partial charge is 0.507 e. The van der Waals surface area contributed by atoms with Crippen LogP contribution in [-0.4, -0.2) is 62.4 Å². The molecule has 0 spiro atoms. The number of Topliss-reactive ketones (excluding diaryl/α,β-unsaturated/α-hetero) is 3. The number of ketones is 3. The van der Waals surface area contributed by atoms with Crippen LogP contribution in [0.15, 0.2) is 18.2 Å². The number of rotatable bonds is 13. The van der Waals surface area contributed by atoms with Gasteiger partial charge in [0.25, 0.3) is 0 Å². The van der Waals surface area contributed by atoms with Crippen molar-refractivity contribution >= 4 is 23.3 Å². The molecular weight excluding hydrogens is 456 g/mol. The van der Waals surface area contributed by atoms with Gasteiger partial charge in [0.15, 0.2) is 5.78 Å². The molecule has 0 bridgehead atoms. The number of aliphatic hydroxyl groups is 2. The Labute approximate surface area is 209 Å². The van der Waals surface area contributed by atoms with Crippen molar-refractivity contribution in [2.45, 2.75) is 71.6 Å². The Kier molecular flexibility index (Phi) is 15.6. The number of carbonyl (C=O) groups is 4. The fourth-order valence-corrected chi connectivity index (χ4v) is 4.49. The third kappa shape index (κ3) is 11.1. The van der Waals surface area contributed by atoms with Crippen LogP contribution < -0.4 is 0 Å². The quantitative estimate of drug-likeness (QED) is 0.235. The molecule has 0 amide bonds. The number of phenols is 1. The molecule has 2 rings (SSSR count). The van der Waals surface area contributed by atoms with Gasteiger partial charge in [-0.1, -0.05) is 31.9 Å². The number of aliphatic carboxylic acids is 1. The van der Waals surface area contributed by atoms with E-state index in [2.05, 4.69) is 6.92 Å². The second kappa shape index (κ2) is 16.9. The number of aliphatic hydroxyl groups excluding tert-OH is 2. The predicted octanol–water partition coefficient (Wildman–Crippen LogP) is 3.00. The summed E-state index contributed by atoms with van der Waals surface area (Å²) in [5.41, 5.74) is 1.15. The molecule has 0 aromatic heterocycles. The summed E-state index contributed by atoms with van der Waals surface area (Å²) in [6.45, 7) is 2.87. The van der Waals surface area contributed by atoms with Crippen LogP contribution in [0.5, 0.6) is 5.75 Å². The van der Waals surface area contributed by atoms with Crippen LogP contribution in [0.1, 0.15) is 84.0 Å². The molecule has 1 aromatic carbocycles. The van der Waals surface area contributed by atoms with Gasteiger partial charge in [-0.15, -0.1) is 0 Å². The maximum Gasteiger partial charge on any atom is 0.303 e. The van der Waals surface area contributed by atoms with Crippen molar-refractivity contribution in [1.29, 1.82) is 0 Å². The van der Waals surface area contributed by atoms with E-state index < -0.39 is 11.9 Å². The first-order chi connectivity index (χ1) is 16.1. The Bertz CT molecular complexity index is 845. The van der Waals surface area contributed by atoms with E-state index in [0.717, 1.165) is 24.8 Å². The van der Waals surface area contributed by atoms with Gasteiger partial charge in [-0.25, -0.2) is 0 Å². The number of carboxylic acid groups (broad SMARTS) is 1. The van der Waals surface area contributed by atoms with Crippen LogP contribution in [0.2, 0.25) is 0 Å². The highest BCUT2D eigenvalue weighted by atomic mass is 16.4. The molecule has 0 aliphatic heterocycles. The SMILES string of the molecule is CC(=O)CC(=O)C(CO)C(CCO)CC1CC(=O)c2c(O)cccc2C1.CCCCCC(=O)O.O.[HH].[HH]. The summed E-state index contributed by atoms with van der Waals surface area (Å²) >= 11 is 0. The number of hydrogen-bond donors (Lipinski definition) is 4. The lowest BCUT2D eigenvalue weighted by Gasteiger charge is -2.30. The highest BCUT2D eigenvalue weighted by Gasteiger charge is 2.33. The lowest BCUT2D eigenvalue weighted by Crippen LogP contribution is -2.32. The van der Waals surface area contributed by atoms with Crippen molar-refractivity contribution in [3.63, 3.8) is 0 Å². The predicted molar refractivity (Wildman–Crippen MR) is 135 cm³/mol. The number of carboxylic acids is 1. The van der Waals surface area contributed by atoms with Crippen molar-refractivity contribution in [2.75, 3.05) is 13.2 Å². The molecule has 9 heteroatoms. The second-order valence-corrected chi connectivity index (χ2v) is 9.00. The van der Waals surface area contributed by atoms with Gasteiger partial charge < -0.3 is 25.9 Å². The maximum atomic E-state index is 12.4. The number of hydrogen-bond acceptors (Lipinski definition) is 7. The lowest BCUT2D eigenvalue weighted by molar-refractivity contribution is -0.137. The molecule has 202 valence electrons. The standard InChI is InChI=1S/C20H26O6.C6H12O2.H2O.2H2/c1-12(23)7-18(25)16(11-22)14(5-6-21)8-13-9-15-3-2-4-17(24)20(15)19(26)10-13;1-2-3-4-5-6(7)8;;;/h2-4,13-14,16,21-22,24H,5-11H2,1H3;2-5H2,1H3,(H,7,8);1H2;2*1H. The zero-order chi connectivity index (χ0) is 25.7. The number of unbranched alkanes of at least 4 members (excludes halogenated alkanes) is 2. The second-order valence-electron chi connectivity index (χ2n) is 9.00. The average Bonchev–Trinajstić information content (AvgIpc) is 2.74. The minimum absolute atomic E-state index is 0. The van der Waals surface area contributed by atoms with Crippen molar-refractivity contribution in [1.82, 2.24) is 0 Å². The fourth-order valence-electron chi connectivity index (χ4n) is 4.49. The third-order valence-electron chi connectivity index (χ3n) is 6.12. The van der Waals surface area contributed by atoms with E-state index in [1.807, 2.05) is 6.07 Å². The monoisotopic (exact) mass is 500 g/mol. The van der Waals surface area contributed by atoms with Gasteiger partial charge in [-0.3, -0.25) is 19.2 Å². The molecule has 6 N–H and O–H groups in total. The van der Waals surface area contributed by atoms with E-state index >= 15 is 0 Å². The Morgan fingerprint density at radius 1 is 1.14 bits per heavy atom. The van der Waals surface area contributed by atoms with Crippen molar-refractivity contribution < 1.29 is 47.9 Å².